The third-order valence-electron chi connectivity index (χ3n) is 2.12. The molecular formula is C7H12N2O. The second-order valence-electron chi connectivity index (χ2n) is 3.29. The van der Waals surface area contributed by atoms with Gasteiger partial charge in [-0.05, 0) is 19.3 Å². The zero-order valence-corrected chi connectivity index (χ0v) is 5.84. The van der Waals surface area contributed by atoms with Gasteiger partial charge in [-0.2, -0.15) is 0 Å². The van der Waals surface area contributed by atoms with Gasteiger partial charge >= 0.3 is 0 Å². The van der Waals surface area contributed by atoms with Gasteiger partial charge in [-0.25, -0.2) is 0 Å². The fourth-order valence-electron chi connectivity index (χ4n) is 1.03. The lowest BCUT2D eigenvalue weighted by molar-refractivity contribution is -0.122. The fourth-order valence-corrected chi connectivity index (χ4v) is 1.03. The van der Waals surface area contributed by atoms with E-state index < -0.39 is 0 Å². The number of rotatable bonds is 2. The van der Waals surface area contributed by atoms with Crippen LogP contribution in [0.2, 0.25) is 0 Å². The molecule has 0 spiro atoms. The highest BCUT2D eigenvalue weighted by Crippen LogP contribution is 2.30. The highest BCUT2D eigenvalue weighted by atomic mass is 16.2. The molecule has 2 saturated carbocycles. The molecule has 2 unspecified atom stereocenters. The van der Waals surface area contributed by atoms with Crippen LogP contribution in [0, 0.1) is 5.92 Å². The van der Waals surface area contributed by atoms with Gasteiger partial charge in [0.25, 0.3) is 0 Å². The van der Waals surface area contributed by atoms with E-state index in [9.17, 15) is 4.79 Å². The minimum Gasteiger partial charge on any atom is -0.352 e. The van der Waals surface area contributed by atoms with Crippen molar-refractivity contribution in [1.82, 2.24) is 5.32 Å². The Hall–Kier alpha value is -0.570. The first-order valence-corrected chi connectivity index (χ1v) is 3.83. The van der Waals surface area contributed by atoms with E-state index in [0.29, 0.717) is 12.0 Å². The number of carbonyl (C=O) groups is 1. The molecule has 0 aromatic heterocycles. The maximum atomic E-state index is 11.0. The predicted molar refractivity (Wildman–Crippen MR) is 37.2 cm³/mol. The van der Waals surface area contributed by atoms with Gasteiger partial charge in [0.05, 0.1) is 0 Å². The molecule has 3 heteroatoms. The van der Waals surface area contributed by atoms with Gasteiger partial charge in [0.1, 0.15) is 0 Å². The summed E-state index contributed by atoms with van der Waals surface area (Å²) >= 11 is 0. The largest absolute Gasteiger partial charge is 0.352 e. The Labute approximate surface area is 60.0 Å². The molecule has 0 aromatic rings. The highest BCUT2D eigenvalue weighted by Gasteiger charge is 2.38. The molecule has 2 aliphatic carbocycles. The van der Waals surface area contributed by atoms with Crippen LogP contribution in [0.25, 0.3) is 0 Å². The van der Waals surface area contributed by atoms with Crippen molar-refractivity contribution in [2.75, 3.05) is 0 Å². The van der Waals surface area contributed by atoms with Crippen molar-refractivity contribution in [3.63, 3.8) is 0 Å². The minimum atomic E-state index is 0.220. The first kappa shape index (κ1) is 6.16. The van der Waals surface area contributed by atoms with Crippen molar-refractivity contribution >= 4 is 5.91 Å². The lowest BCUT2D eigenvalue weighted by Crippen LogP contribution is -2.30. The smallest absolute Gasteiger partial charge is 0.223 e. The molecule has 56 valence electrons. The number of amides is 1. The molecule has 0 bridgehead atoms. The van der Waals surface area contributed by atoms with Gasteiger partial charge in [0.15, 0.2) is 0 Å². The summed E-state index contributed by atoms with van der Waals surface area (Å²) in [5, 5.41) is 2.90. The third kappa shape index (κ3) is 1.14. The first-order valence-electron chi connectivity index (χ1n) is 3.83. The van der Waals surface area contributed by atoms with E-state index in [1.165, 1.54) is 0 Å². The summed E-state index contributed by atoms with van der Waals surface area (Å²) in [6.45, 7) is 0. The third-order valence-corrected chi connectivity index (χ3v) is 2.12. The minimum absolute atomic E-state index is 0.220. The maximum Gasteiger partial charge on any atom is 0.223 e. The van der Waals surface area contributed by atoms with Crippen LogP contribution < -0.4 is 11.1 Å². The molecule has 2 rings (SSSR count). The number of nitrogens with two attached hydrogens (primary N) is 1. The van der Waals surface area contributed by atoms with E-state index in [1.807, 2.05) is 0 Å². The monoisotopic (exact) mass is 140 g/mol. The SMILES string of the molecule is NC1CC1NC(=O)C1CC1. The lowest BCUT2D eigenvalue weighted by atomic mass is 10.4. The van der Waals surface area contributed by atoms with E-state index >= 15 is 0 Å². The second kappa shape index (κ2) is 1.95. The Morgan fingerprint density at radius 2 is 2.10 bits per heavy atom. The summed E-state index contributed by atoms with van der Waals surface area (Å²) < 4.78 is 0. The quantitative estimate of drug-likeness (QED) is 0.549. The van der Waals surface area contributed by atoms with Gasteiger partial charge < -0.3 is 11.1 Å². The van der Waals surface area contributed by atoms with Crippen LogP contribution in [-0.2, 0) is 4.79 Å². The van der Waals surface area contributed by atoms with Crippen molar-refractivity contribution < 1.29 is 4.79 Å². The summed E-state index contributed by atoms with van der Waals surface area (Å²) in [6, 6.07) is 0.538. The fraction of sp³-hybridized carbons (Fsp3) is 0.857. The highest BCUT2D eigenvalue weighted by molar-refractivity contribution is 5.81. The Balaban J connectivity index is 1.74. The normalized spacial score (nSPS) is 37.3. The predicted octanol–water partition coefficient (Wildman–Crippen LogP) is -0.388. The van der Waals surface area contributed by atoms with Crippen LogP contribution >= 0.6 is 0 Å². The van der Waals surface area contributed by atoms with Crippen molar-refractivity contribution in [3.05, 3.63) is 0 Å². The standard InChI is InChI=1S/C7H12N2O/c8-5-3-6(5)9-7(10)4-1-2-4/h4-6H,1-3,8H2,(H,9,10). The zero-order valence-electron chi connectivity index (χ0n) is 5.84. The van der Waals surface area contributed by atoms with Gasteiger partial charge in [-0.15, -0.1) is 0 Å². The first-order chi connectivity index (χ1) is 4.77. The van der Waals surface area contributed by atoms with E-state index in [4.69, 9.17) is 5.73 Å². The average Bonchev–Trinajstić information content (AvgIpc) is 2.66. The molecule has 3 N–H and O–H groups in total. The van der Waals surface area contributed by atoms with Crippen molar-refractivity contribution in [3.8, 4) is 0 Å². The van der Waals surface area contributed by atoms with Gasteiger partial charge in [-0.3, -0.25) is 4.79 Å². The zero-order chi connectivity index (χ0) is 7.14. The van der Waals surface area contributed by atoms with E-state index in [1.54, 1.807) is 0 Å². The van der Waals surface area contributed by atoms with Crippen LogP contribution in [0.3, 0.4) is 0 Å². The van der Waals surface area contributed by atoms with E-state index in [2.05, 4.69) is 5.32 Å². The molecule has 2 aliphatic rings. The Kier molecular flexibility index (Phi) is 1.20. The topological polar surface area (TPSA) is 55.1 Å². The van der Waals surface area contributed by atoms with Gasteiger partial charge in [0.2, 0.25) is 5.91 Å². The average molecular weight is 140 g/mol. The second-order valence-corrected chi connectivity index (χ2v) is 3.29. The van der Waals surface area contributed by atoms with Crippen molar-refractivity contribution in [2.45, 2.75) is 31.3 Å². The summed E-state index contributed by atoms with van der Waals surface area (Å²) in [4.78, 5) is 11.0. The van der Waals surface area contributed by atoms with Crippen molar-refractivity contribution in [2.24, 2.45) is 11.7 Å². The summed E-state index contributed by atoms with van der Waals surface area (Å²) in [5.74, 6) is 0.547. The summed E-state index contributed by atoms with van der Waals surface area (Å²) in [7, 11) is 0. The Morgan fingerprint density at radius 3 is 2.50 bits per heavy atom. The van der Waals surface area contributed by atoms with E-state index in [-0.39, 0.29) is 11.9 Å². The molecule has 0 saturated heterocycles. The van der Waals surface area contributed by atoms with Gasteiger partial charge in [-0.1, -0.05) is 0 Å². The molecule has 0 aliphatic heterocycles. The summed E-state index contributed by atoms with van der Waals surface area (Å²) in [5.41, 5.74) is 5.52. The molecule has 2 fully saturated rings. The molecule has 0 radical (unpaired) electrons. The van der Waals surface area contributed by atoms with Crippen LogP contribution in [-0.4, -0.2) is 18.0 Å². The molecular weight excluding hydrogens is 128 g/mol. The Bertz CT molecular complexity index is 165. The molecule has 0 aromatic carbocycles. The van der Waals surface area contributed by atoms with Gasteiger partial charge in [0, 0.05) is 18.0 Å². The number of hydrogen-bond donors (Lipinski definition) is 2. The Morgan fingerprint density at radius 1 is 1.50 bits per heavy atom. The van der Waals surface area contributed by atoms with E-state index in [0.717, 1.165) is 19.3 Å². The number of nitrogens with one attached hydrogen (secondary N) is 1. The molecule has 3 nitrogen and oxygen atoms in total. The number of carbonyl (C=O) groups excluding carboxylic acids is 1. The molecule has 2 atom stereocenters. The lowest BCUT2D eigenvalue weighted by Gasteiger charge is -1.99. The molecule has 0 heterocycles. The number of hydrogen-bond acceptors (Lipinski definition) is 2. The van der Waals surface area contributed by atoms with Crippen LogP contribution in [0.5, 0.6) is 0 Å². The van der Waals surface area contributed by atoms with Crippen LogP contribution in [0.15, 0.2) is 0 Å². The molecule has 1 amide bonds. The maximum absolute atomic E-state index is 11.0. The van der Waals surface area contributed by atoms with Crippen LogP contribution in [0.4, 0.5) is 0 Å². The summed E-state index contributed by atoms with van der Waals surface area (Å²) in [6.07, 6.45) is 3.13. The molecule has 10 heavy (non-hydrogen) atoms. The van der Waals surface area contributed by atoms with Crippen molar-refractivity contribution in [1.29, 1.82) is 0 Å². The van der Waals surface area contributed by atoms with Crippen LogP contribution in [0.1, 0.15) is 19.3 Å².